The van der Waals surface area contributed by atoms with Crippen molar-refractivity contribution >= 4 is 40.7 Å². The fourth-order valence-corrected chi connectivity index (χ4v) is 3.44. The number of ketones is 1. The highest BCUT2D eigenvalue weighted by atomic mass is 35.5. The van der Waals surface area contributed by atoms with Crippen molar-refractivity contribution in [2.24, 2.45) is 10.6 Å². The van der Waals surface area contributed by atoms with Crippen molar-refractivity contribution in [1.29, 1.82) is 0 Å². The van der Waals surface area contributed by atoms with Crippen LogP contribution in [0.2, 0.25) is 10.0 Å². The van der Waals surface area contributed by atoms with Gasteiger partial charge in [0.25, 0.3) is 0 Å². The molecule has 5 nitrogen and oxygen atoms in total. The van der Waals surface area contributed by atoms with Crippen LogP contribution in [-0.4, -0.2) is 24.1 Å². The maximum atomic E-state index is 12.8. The van der Waals surface area contributed by atoms with Gasteiger partial charge in [-0.1, -0.05) is 61.8 Å². The summed E-state index contributed by atoms with van der Waals surface area (Å²) in [6.45, 7) is 9.53. The van der Waals surface area contributed by atoms with Gasteiger partial charge in [0.15, 0.2) is 5.78 Å². The van der Waals surface area contributed by atoms with E-state index in [0.29, 0.717) is 35.6 Å². The molecule has 1 aromatic rings. The van der Waals surface area contributed by atoms with Crippen molar-refractivity contribution in [2.45, 2.75) is 40.0 Å². The standard InChI is InChI=1S/C21H23Cl2NO4/c1-5-9-27-24-16(6-2)19-17(25)11-21(3,4)12-18(19)28-20(26)14-8-7-13(22)10-15(14)23/h5,7-8,10H,1,6,9,11-12H2,2-4H3. The number of carbonyl (C=O) groups excluding carboxylic acids is 2. The van der Waals surface area contributed by atoms with E-state index in [1.54, 1.807) is 12.1 Å². The van der Waals surface area contributed by atoms with E-state index in [9.17, 15) is 9.59 Å². The molecule has 1 aliphatic carbocycles. The Kier molecular flexibility index (Phi) is 7.44. The molecule has 0 heterocycles. The lowest BCUT2D eigenvalue weighted by Gasteiger charge is -2.31. The first-order valence-electron chi connectivity index (χ1n) is 8.92. The zero-order valence-corrected chi connectivity index (χ0v) is 17.7. The predicted molar refractivity (Wildman–Crippen MR) is 111 cm³/mol. The number of carbonyl (C=O) groups is 2. The molecule has 1 aromatic carbocycles. The van der Waals surface area contributed by atoms with Crippen molar-refractivity contribution in [2.75, 3.05) is 6.61 Å². The van der Waals surface area contributed by atoms with Crippen LogP contribution in [0.1, 0.15) is 50.4 Å². The average Bonchev–Trinajstić information content (AvgIpc) is 2.58. The monoisotopic (exact) mass is 423 g/mol. The third kappa shape index (κ3) is 5.46. The van der Waals surface area contributed by atoms with Crippen LogP contribution in [-0.2, 0) is 14.4 Å². The highest BCUT2D eigenvalue weighted by Crippen LogP contribution is 2.38. The number of rotatable bonds is 7. The van der Waals surface area contributed by atoms with Crippen LogP contribution >= 0.6 is 23.2 Å². The largest absolute Gasteiger partial charge is 0.427 e. The zero-order chi connectivity index (χ0) is 20.9. The van der Waals surface area contributed by atoms with Crippen LogP contribution in [0.4, 0.5) is 0 Å². The molecule has 0 unspecified atom stereocenters. The van der Waals surface area contributed by atoms with Crippen molar-refractivity contribution in [3.05, 3.63) is 57.8 Å². The second-order valence-corrected chi connectivity index (χ2v) is 8.07. The minimum atomic E-state index is -0.651. The number of halogens is 2. The Balaban J connectivity index is 2.45. The molecule has 0 aliphatic heterocycles. The number of ether oxygens (including phenoxy) is 1. The van der Waals surface area contributed by atoms with Crippen LogP contribution in [0.3, 0.4) is 0 Å². The molecule has 0 fully saturated rings. The molecule has 0 atom stereocenters. The van der Waals surface area contributed by atoms with E-state index >= 15 is 0 Å². The first-order chi connectivity index (χ1) is 13.2. The van der Waals surface area contributed by atoms with Crippen LogP contribution in [0, 0.1) is 5.41 Å². The van der Waals surface area contributed by atoms with Gasteiger partial charge in [0, 0.05) is 17.9 Å². The maximum absolute atomic E-state index is 12.8. The van der Waals surface area contributed by atoms with Gasteiger partial charge in [-0.3, -0.25) is 4.79 Å². The van der Waals surface area contributed by atoms with Gasteiger partial charge in [0.2, 0.25) is 0 Å². The van der Waals surface area contributed by atoms with E-state index in [1.165, 1.54) is 12.1 Å². The molecule has 28 heavy (non-hydrogen) atoms. The van der Waals surface area contributed by atoms with Gasteiger partial charge in [-0.2, -0.15) is 0 Å². The SMILES string of the molecule is C=CCON=C(CC)C1=C(OC(=O)c2ccc(Cl)cc2Cl)CC(C)(C)CC1=O. The van der Waals surface area contributed by atoms with Gasteiger partial charge >= 0.3 is 5.97 Å². The number of allylic oxidation sites excluding steroid dienone is 2. The molecule has 0 saturated carbocycles. The molecule has 0 N–H and O–H groups in total. The molecule has 0 bridgehead atoms. The second-order valence-electron chi connectivity index (χ2n) is 7.23. The zero-order valence-electron chi connectivity index (χ0n) is 16.2. The maximum Gasteiger partial charge on any atom is 0.344 e. The van der Waals surface area contributed by atoms with Crippen molar-refractivity contribution in [3.8, 4) is 0 Å². The summed E-state index contributed by atoms with van der Waals surface area (Å²) in [5.74, 6) is -0.508. The Hall–Kier alpha value is -2.11. The van der Waals surface area contributed by atoms with E-state index in [0.717, 1.165) is 0 Å². The molecule has 0 saturated heterocycles. The third-order valence-corrected chi connectivity index (χ3v) is 4.74. The smallest absolute Gasteiger partial charge is 0.344 e. The predicted octanol–water partition coefficient (Wildman–Crippen LogP) is 5.76. The Morgan fingerprint density at radius 2 is 2.04 bits per heavy atom. The highest BCUT2D eigenvalue weighted by Gasteiger charge is 2.37. The van der Waals surface area contributed by atoms with E-state index in [2.05, 4.69) is 11.7 Å². The second kappa shape index (κ2) is 9.39. The molecular weight excluding hydrogens is 401 g/mol. The third-order valence-electron chi connectivity index (χ3n) is 4.19. The fraction of sp³-hybridized carbons (Fsp3) is 0.381. The Bertz CT molecular complexity index is 856. The summed E-state index contributed by atoms with van der Waals surface area (Å²) < 4.78 is 5.64. The van der Waals surface area contributed by atoms with Crippen molar-refractivity contribution in [1.82, 2.24) is 0 Å². The van der Waals surface area contributed by atoms with Gasteiger partial charge in [0.1, 0.15) is 12.4 Å². The Morgan fingerprint density at radius 3 is 2.64 bits per heavy atom. The minimum absolute atomic E-state index is 0.135. The number of nitrogens with zero attached hydrogens (tertiary/aromatic N) is 1. The summed E-state index contributed by atoms with van der Waals surface area (Å²) in [6, 6.07) is 4.51. The summed E-state index contributed by atoms with van der Waals surface area (Å²) in [5.41, 5.74) is 0.559. The molecule has 150 valence electrons. The topological polar surface area (TPSA) is 65.0 Å². The normalized spacial score (nSPS) is 16.8. The Morgan fingerprint density at radius 1 is 1.32 bits per heavy atom. The fourth-order valence-electron chi connectivity index (χ4n) is 2.95. The van der Waals surface area contributed by atoms with E-state index in [4.69, 9.17) is 32.8 Å². The lowest BCUT2D eigenvalue weighted by molar-refractivity contribution is -0.118. The minimum Gasteiger partial charge on any atom is -0.427 e. The van der Waals surface area contributed by atoms with Crippen LogP contribution in [0.25, 0.3) is 0 Å². The number of hydrogen-bond donors (Lipinski definition) is 0. The average molecular weight is 424 g/mol. The molecule has 0 amide bonds. The summed E-state index contributed by atoms with van der Waals surface area (Å²) >= 11 is 12.0. The van der Waals surface area contributed by atoms with Gasteiger partial charge in [-0.05, 0) is 30.0 Å². The lowest BCUT2D eigenvalue weighted by Crippen LogP contribution is -2.31. The summed E-state index contributed by atoms with van der Waals surface area (Å²) in [4.78, 5) is 30.7. The lowest BCUT2D eigenvalue weighted by atomic mass is 9.75. The number of oxime groups is 1. The summed E-state index contributed by atoms with van der Waals surface area (Å²) in [6.07, 6.45) is 2.74. The molecule has 0 radical (unpaired) electrons. The first-order valence-corrected chi connectivity index (χ1v) is 9.67. The van der Waals surface area contributed by atoms with Gasteiger partial charge in [-0.25, -0.2) is 4.79 Å². The Labute approximate surface area is 175 Å². The molecule has 1 aliphatic rings. The molecule has 0 spiro atoms. The van der Waals surface area contributed by atoms with E-state index in [1.807, 2.05) is 20.8 Å². The summed E-state index contributed by atoms with van der Waals surface area (Å²) in [7, 11) is 0. The first kappa shape index (κ1) is 22.2. The molecule has 2 rings (SSSR count). The highest BCUT2D eigenvalue weighted by molar-refractivity contribution is 6.36. The van der Waals surface area contributed by atoms with Gasteiger partial charge < -0.3 is 9.57 Å². The van der Waals surface area contributed by atoms with E-state index in [-0.39, 0.29) is 34.2 Å². The summed E-state index contributed by atoms with van der Waals surface area (Å²) in [5, 5.41) is 4.64. The number of hydrogen-bond acceptors (Lipinski definition) is 5. The molecular formula is C21H23Cl2NO4. The van der Waals surface area contributed by atoms with Crippen LogP contribution < -0.4 is 0 Å². The quantitative estimate of drug-likeness (QED) is 0.184. The number of Topliss-reactive ketones (excluding diaryl/α,β-unsaturated/α-hetero) is 1. The van der Waals surface area contributed by atoms with Crippen LogP contribution in [0.5, 0.6) is 0 Å². The van der Waals surface area contributed by atoms with Gasteiger partial charge in [-0.15, -0.1) is 0 Å². The van der Waals surface area contributed by atoms with Crippen molar-refractivity contribution < 1.29 is 19.2 Å². The molecule has 7 heteroatoms. The number of benzene rings is 1. The molecule has 0 aromatic heterocycles. The van der Waals surface area contributed by atoms with E-state index < -0.39 is 5.97 Å². The van der Waals surface area contributed by atoms with Crippen molar-refractivity contribution in [3.63, 3.8) is 0 Å². The van der Waals surface area contributed by atoms with Crippen LogP contribution in [0.15, 0.2) is 47.3 Å². The number of esters is 1. The van der Waals surface area contributed by atoms with Gasteiger partial charge in [0.05, 0.1) is 21.9 Å².